The second-order valence-corrected chi connectivity index (χ2v) is 7.97. The first kappa shape index (κ1) is 23.3. The van der Waals surface area contributed by atoms with Crippen LogP contribution in [0.3, 0.4) is 0 Å². The van der Waals surface area contributed by atoms with Crippen molar-refractivity contribution >= 4 is 20.1 Å². The maximum Gasteiger partial charge on any atom is 0.398 e. The van der Waals surface area contributed by atoms with Gasteiger partial charge in [-0.25, -0.2) is 0 Å². The van der Waals surface area contributed by atoms with Crippen molar-refractivity contribution in [2.75, 3.05) is 45.7 Å². The first-order valence-corrected chi connectivity index (χ1v) is 9.83. The lowest BCUT2D eigenvalue weighted by Crippen LogP contribution is -2.51. The van der Waals surface area contributed by atoms with E-state index in [4.69, 9.17) is 25.1 Å². The Kier molecular flexibility index (Phi) is 9.09. The molecule has 0 amide bonds. The predicted octanol–water partition coefficient (Wildman–Crippen LogP) is 1.82. The van der Waals surface area contributed by atoms with Gasteiger partial charge in [-0.3, -0.25) is 4.79 Å². The molecule has 14 heteroatoms. The summed E-state index contributed by atoms with van der Waals surface area (Å²) in [5.74, 6) is -0.279. The summed E-state index contributed by atoms with van der Waals surface area (Å²) >= 11 is 0. The lowest BCUT2D eigenvalue weighted by atomic mass is 9.74. The first-order chi connectivity index (χ1) is 13.9. The third-order valence-electron chi connectivity index (χ3n) is 4.45. The average Bonchev–Trinajstić information content (AvgIpc) is 3.53. The van der Waals surface area contributed by atoms with Gasteiger partial charge in [-0.05, 0) is 51.2 Å². The summed E-state index contributed by atoms with van der Waals surface area (Å²) in [7, 11) is -0.211. The summed E-state index contributed by atoms with van der Waals surface area (Å²) < 4.78 is 18.5. The monoisotopic (exact) mass is 406 g/mol. The zero-order valence-electron chi connectivity index (χ0n) is 17.3. The molecule has 0 unspecified atom stereocenters. The lowest BCUT2D eigenvalue weighted by Gasteiger charge is -2.30. The molecule has 0 aliphatic carbocycles. The lowest BCUT2D eigenvalue weighted by molar-refractivity contribution is -0.159. The third-order valence-corrected chi connectivity index (χ3v) is 4.45. The average molecular weight is 406 g/mol. The topological polar surface area (TPSA) is 155 Å². The highest BCUT2D eigenvalue weighted by molar-refractivity contribution is 6.74. The molecule has 0 bridgehead atoms. The summed E-state index contributed by atoms with van der Waals surface area (Å²) in [5.41, 5.74) is 16.4. The molecule has 0 spiro atoms. The standard InChI is InChI=1S/C15H28B2N8O4/c1-15(2,3)29-14(26)13(25(16-11-27-16)17-12-28-17)5-4-8-24(9-6-20-22-18)10-7-21-23-19/h13H,4-12H2,1-3H3/t13-/m0/s1. The Morgan fingerprint density at radius 2 is 1.62 bits per heavy atom. The maximum absolute atomic E-state index is 12.9. The molecule has 2 saturated heterocycles. The minimum Gasteiger partial charge on any atom is -0.459 e. The fourth-order valence-electron chi connectivity index (χ4n) is 3.08. The molecule has 2 rings (SSSR count). The summed E-state index contributed by atoms with van der Waals surface area (Å²) in [6.07, 6.45) is 1.29. The number of carbonyl (C=O) groups excluding carboxylic acids is 1. The Labute approximate surface area is 171 Å². The molecule has 12 nitrogen and oxygen atoms in total. The van der Waals surface area contributed by atoms with E-state index in [1.807, 2.05) is 25.5 Å². The van der Waals surface area contributed by atoms with E-state index in [1.54, 1.807) is 0 Å². The Bertz CT molecular complexity index is 609. The van der Waals surface area contributed by atoms with E-state index in [1.165, 1.54) is 0 Å². The van der Waals surface area contributed by atoms with Gasteiger partial charge in [0.1, 0.15) is 5.60 Å². The zero-order chi connectivity index (χ0) is 21.3. The normalized spacial score (nSPS) is 16.3. The van der Waals surface area contributed by atoms with Crippen molar-refractivity contribution in [2.45, 2.75) is 45.3 Å². The number of hydrogen-bond donors (Lipinski definition) is 0. The summed E-state index contributed by atoms with van der Waals surface area (Å²) in [6.45, 7) is 9.18. The molecule has 0 radical (unpaired) electrons. The van der Waals surface area contributed by atoms with Crippen LogP contribution in [0.1, 0.15) is 33.6 Å². The molecular weight excluding hydrogens is 378 g/mol. The van der Waals surface area contributed by atoms with Crippen molar-refractivity contribution in [1.82, 2.24) is 9.62 Å². The molecule has 2 fully saturated rings. The Morgan fingerprint density at radius 1 is 1.10 bits per heavy atom. The SMILES string of the molecule is CC(C)(C)OC(=O)[C@H](CCCN(CCN=[N+]=[N-])CCN=[N+]=[N-])N(B1CO1)B1CO1. The minimum atomic E-state index is -0.577. The molecule has 29 heavy (non-hydrogen) atoms. The van der Waals surface area contributed by atoms with Crippen molar-refractivity contribution in [3.8, 4) is 0 Å². The Hall–Kier alpha value is -1.94. The number of carbonyl (C=O) groups is 1. The smallest absolute Gasteiger partial charge is 0.398 e. The molecule has 0 aromatic rings. The van der Waals surface area contributed by atoms with Crippen molar-refractivity contribution in [3.63, 3.8) is 0 Å². The van der Waals surface area contributed by atoms with Crippen molar-refractivity contribution in [2.24, 2.45) is 10.2 Å². The second-order valence-electron chi connectivity index (χ2n) is 7.97. The van der Waals surface area contributed by atoms with Crippen molar-refractivity contribution in [3.05, 3.63) is 20.9 Å². The van der Waals surface area contributed by atoms with Gasteiger partial charge in [-0.2, -0.15) is 0 Å². The number of esters is 1. The van der Waals surface area contributed by atoms with Gasteiger partial charge >= 0.3 is 20.1 Å². The van der Waals surface area contributed by atoms with E-state index in [0.717, 1.165) is 0 Å². The molecule has 1 atom stereocenters. The van der Waals surface area contributed by atoms with Crippen LogP contribution >= 0.6 is 0 Å². The van der Waals surface area contributed by atoms with Gasteiger partial charge in [0.2, 0.25) is 0 Å². The second kappa shape index (κ2) is 11.3. The number of hydrogen-bond acceptors (Lipinski definition) is 8. The highest BCUT2D eigenvalue weighted by Crippen LogP contribution is 2.26. The van der Waals surface area contributed by atoms with Crippen LogP contribution in [0.5, 0.6) is 0 Å². The summed E-state index contributed by atoms with van der Waals surface area (Å²) in [4.78, 5) is 20.5. The van der Waals surface area contributed by atoms with Crippen LogP contribution in [-0.2, 0) is 18.8 Å². The quantitative estimate of drug-likeness (QED) is 0.107. The minimum absolute atomic E-state index is 0.106. The molecule has 2 heterocycles. The van der Waals surface area contributed by atoms with Crippen molar-refractivity contribution < 1.29 is 18.8 Å². The molecular formula is C15H28B2N8O4. The molecule has 0 saturated carbocycles. The van der Waals surface area contributed by atoms with Crippen LogP contribution in [0.4, 0.5) is 0 Å². The van der Waals surface area contributed by atoms with E-state index >= 15 is 0 Å². The Morgan fingerprint density at radius 3 is 2.03 bits per heavy atom. The van der Waals surface area contributed by atoms with Crippen LogP contribution < -0.4 is 0 Å². The maximum atomic E-state index is 12.9. The van der Waals surface area contributed by atoms with Crippen LogP contribution in [0, 0.1) is 0 Å². The van der Waals surface area contributed by atoms with Gasteiger partial charge in [0.15, 0.2) is 0 Å². The molecule has 0 aromatic carbocycles. The highest BCUT2D eigenvalue weighted by atomic mass is 16.6. The number of azide groups is 2. The van der Waals surface area contributed by atoms with E-state index in [9.17, 15) is 4.79 Å². The molecule has 158 valence electrons. The van der Waals surface area contributed by atoms with Gasteiger partial charge in [0.25, 0.3) is 0 Å². The van der Waals surface area contributed by atoms with Crippen LogP contribution in [0.15, 0.2) is 10.2 Å². The molecule has 0 aromatic heterocycles. The zero-order valence-corrected chi connectivity index (χ0v) is 17.3. The number of nitrogens with zero attached hydrogens (tertiary/aromatic N) is 8. The van der Waals surface area contributed by atoms with E-state index < -0.39 is 11.6 Å². The summed E-state index contributed by atoms with van der Waals surface area (Å²) in [6, 6.07) is -0.453. The van der Waals surface area contributed by atoms with Gasteiger partial charge in [0.05, 0.1) is 19.1 Å². The van der Waals surface area contributed by atoms with Gasteiger partial charge in [0, 0.05) is 36.0 Å². The predicted molar refractivity (Wildman–Crippen MR) is 109 cm³/mol. The molecule has 2 aliphatic rings. The van der Waals surface area contributed by atoms with Crippen LogP contribution in [-0.4, -0.2) is 87.1 Å². The van der Waals surface area contributed by atoms with E-state index in [0.29, 0.717) is 58.6 Å². The molecule has 0 N–H and O–H groups in total. The van der Waals surface area contributed by atoms with Gasteiger partial charge in [-0.1, -0.05) is 10.2 Å². The Balaban J connectivity index is 1.95. The fourth-order valence-corrected chi connectivity index (χ4v) is 3.08. The first-order valence-electron chi connectivity index (χ1n) is 9.83. The molecule has 2 aliphatic heterocycles. The number of rotatable bonds is 14. The largest absolute Gasteiger partial charge is 0.459 e. The third kappa shape index (κ3) is 8.95. The van der Waals surface area contributed by atoms with Crippen LogP contribution in [0.25, 0.3) is 20.9 Å². The summed E-state index contributed by atoms with van der Waals surface area (Å²) in [5, 5.41) is 7.13. The highest BCUT2D eigenvalue weighted by Gasteiger charge is 2.54. The fraction of sp³-hybridized carbons (Fsp3) is 0.933. The van der Waals surface area contributed by atoms with E-state index in [2.05, 4.69) is 25.0 Å². The number of ether oxygens (including phenoxy) is 1. The van der Waals surface area contributed by atoms with Crippen molar-refractivity contribution in [1.29, 1.82) is 0 Å². The van der Waals surface area contributed by atoms with Crippen LogP contribution in [0.2, 0.25) is 0 Å². The van der Waals surface area contributed by atoms with Gasteiger partial charge < -0.3 is 23.7 Å². The van der Waals surface area contributed by atoms with E-state index in [-0.39, 0.29) is 20.1 Å². The van der Waals surface area contributed by atoms with Gasteiger partial charge in [-0.15, -0.1) is 0 Å².